The largest absolute Gasteiger partial charge is 0.457 e. The number of nitrogens with zero attached hydrogens (tertiary/aromatic N) is 3. The van der Waals surface area contributed by atoms with Crippen LogP contribution >= 0.6 is 0 Å². The van der Waals surface area contributed by atoms with E-state index in [4.69, 9.17) is 4.74 Å². The molecule has 162 valence electrons. The third kappa shape index (κ3) is 4.67. The van der Waals surface area contributed by atoms with Gasteiger partial charge in [-0.25, -0.2) is 4.39 Å². The molecule has 0 saturated carbocycles. The maximum atomic E-state index is 13.5. The Bertz CT molecular complexity index is 1280. The predicted molar refractivity (Wildman–Crippen MR) is 120 cm³/mol. The smallest absolute Gasteiger partial charge is 0.251 e. The number of pyridine rings is 1. The lowest BCUT2D eigenvalue weighted by molar-refractivity contribution is 0.0950. The second-order valence-electron chi connectivity index (χ2n) is 7.58. The van der Waals surface area contributed by atoms with E-state index in [0.29, 0.717) is 29.2 Å². The van der Waals surface area contributed by atoms with E-state index >= 15 is 0 Å². The first-order valence-corrected chi connectivity index (χ1v) is 10.2. The molecule has 0 unspecified atom stereocenters. The summed E-state index contributed by atoms with van der Waals surface area (Å²) in [6, 6.07) is 13.8. The first-order valence-electron chi connectivity index (χ1n) is 10.2. The van der Waals surface area contributed by atoms with Crippen molar-refractivity contribution in [2.24, 2.45) is 7.05 Å². The van der Waals surface area contributed by atoms with E-state index in [1.807, 2.05) is 32.3 Å². The summed E-state index contributed by atoms with van der Waals surface area (Å²) in [5.74, 6) is 0.712. The molecule has 0 aliphatic carbocycles. The zero-order valence-corrected chi connectivity index (χ0v) is 18.1. The number of rotatable bonds is 6. The second-order valence-corrected chi connectivity index (χ2v) is 7.58. The summed E-state index contributed by atoms with van der Waals surface area (Å²) in [4.78, 5) is 17.2. The number of aromatic nitrogens is 3. The Morgan fingerprint density at radius 2 is 2.00 bits per heavy atom. The van der Waals surface area contributed by atoms with Gasteiger partial charge < -0.3 is 10.1 Å². The maximum absolute atomic E-state index is 13.5. The van der Waals surface area contributed by atoms with Crippen LogP contribution in [0.5, 0.6) is 11.5 Å². The number of halogens is 1. The van der Waals surface area contributed by atoms with E-state index in [9.17, 15) is 9.18 Å². The van der Waals surface area contributed by atoms with Crippen molar-refractivity contribution in [3.8, 4) is 22.8 Å². The predicted octanol–water partition coefficient (Wildman–Crippen LogP) is 4.96. The number of carbonyl (C=O) groups is 1. The highest BCUT2D eigenvalue weighted by molar-refractivity contribution is 5.96. The third-order valence-electron chi connectivity index (χ3n) is 5.16. The minimum Gasteiger partial charge on any atom is -0.457 e. The highest BCUT2D eigenvalue weighted by Crippen LogP contribution is 2.29. The van der Waals surface area contributed by atoms with Crippen LogP contribution in [0.3, 0.4) is 0 Å². The van der Waals surface area contributed by atoms with Crippen LogP contribution in [-0.4, -0.2) is 20.7 Å². The van der Waals surface area contributed by atoms with Crippen LogP contribution in [-0.2, 0) is 13.6 Å². The van der Waals surface area contributed by atoms with Gasteiger partial charge >= 0.3 is 0 Å². The van der Waals surface area contributed by atoms with Gasteiger partial charge in [0.1, 0.15) is 17.3 Å². The van der Waals surface area contributed by atoms with Gasteiger partial charge in [0.25, 0.3) is 5.91 Å². The van der Waals surface area contributed by atoms with Gasteiger partial charge in [-0.05, 0) is 49.2 Å². The van der Waals surface area contributed by atoms with Crippen LogP contribution < -0.4 is 10.1 Å². The minimum absolute atomic E-state index is 0.222. The molecule has 0 bridgehead atoms. The highest BCUT2D eigenvalue weighted by Gasteiger charge is 2.14. The molecule has 0 aliphatic rings. The molecule has 2 aromatic carbocycles. The van der Waals surface area contributed by atoms with Crippen LogP contribution in [0.1, 0.15) is 27.0 Å². The summed E-state index contributed by atoms with van der Waals surface area (Å²) in [7, 11) is 1.85. The number of amides is 1. The fraction of sp³-hybridized carbons (Fsp3) is 0.160. The normalized spacial score (nSPS) is 10.8. The lowest BCUT2D eigenvalue weighted by Gasteiger charge is -2.13. The molecule has 0 aliphatic heterocycles. The van der Waals surface area contributed by atoms with Gasteiger partial charge in [0.2, 0.25) is 0 Å². The fourth-order valence-corrected chi connectivity index (χ4v) is 3.38. The molecule has 0 fully saturated rings. The van der Waals surface area contributed by atoms with Crippen molar-refractivity contribution in [3.05, 3.63) is 95.2 Å². The molecular weight excluding hydrogens is 407 g/mol. The third-order valence-corrected chi connectivity index (χ3v) is 5.16. The van der Waals surface area contributed by atoms with Crippen LogP contribution in [0.15, 0.2) is 67.1 Å². The first kappa shape index (κ1) is 21.2. The molecule has 32 heavy (non-hydrogen) atoms. The number of aryl methyl sites for hydroxylation is 2. The molecule has 2 heterocycles. The van der Waals surface area contributed by atoms with Crippen molar-refractivity contribution in [1.82, 2.24) is 20.1 Å². The van der Waals surface area contributed by atoms with Crippen molar-refractivity contribution in [3.63, 3.8) is 0 Å². The van der Waals surface area contributed by atoms with Crippen molar-refractivity contribution in [1.29, 1.82) is 0 Å². The van der Waals surface area contributed by atoms with E-state index in [2.05, 4.69) is 15.4 Å². The molecule has 1 N–H and O–H groups in total. The lowest BCUT2D eigenvalue weighted by Crippen LogP contribution is -2.23. The average molecular weight is 430 g/mol. The lowest BCUT2D eigenvalue weighted by atomic mass is 10.1. The second kappa shape index (κ2) is 9.01. The molecule has 4 aromatic rings. The average Bonchev–Trinajstić information content (AvgIpc) is 3.22. The number of hydrogen-bond acceptors (Lipinski definition) is 4. The van der Waals surface area contributed by atoms with Crippen LogP contribution in [0.4, 0.5) is 4.39 Å². The summed E-state index contributed by atoms with van der Waals surface area (Å²) in [6.07, 6.45) is 5.30. The molecular formula is C25H23FN4O2. The Balaban J connectivity index is 1.50. The number of hydrogen-bond donors (Lipinski definition) is 1. The van der Waals surface area contributed by atoms with Crippen molar-refractivity contribution in [2.45, 2.75) is 20.4 Å². The Morgan fingerprint density at radius 1 is 1.16 bits per heavy atom. The molecule has 4 rings (SSSR count). The number of nitrogens with one attached hydrogen (secondary N) is 1. The molecule has 2 aromatic heterocycles. The number of benzene rings is 2. The van der Waals surface area contributed by atoms with Gasteiger partial charge in [0.15, 0.2) is 0 Å². The van der Waals surface area contributed by atoms with Crippen molar-refractivity contribution < 1.29 is 13.9 Å². The standard InChI is InChI=1S/C25H23FN4O2/c1-16-11-18(7-8-22(16)26)13-28-25(31)21-5-4-6-24(17(21)2)32-20-9-10-27-23(12-20)19-14-29-30(3)15-19/h4-12,14-15H,13H2,1-3H3,(H,28,31). The number of ether oxygens (including phenoxy) is 1. The maximum Gasteiger partial charge on any atom is 0.251 e. The fourth-order valence-electron chi connectivity index (χ4n) is 3.38. The van der Waals surface area contributed by atoms with Gasteiger partial charge in [-0.3, -0.25) is 14.5 Å². The van der Waals surface area contributed by atoms with Crippen molar-refractivity contribution in [2.75, 3.05) is 0 Å². The molecule has 7 heteroatoms. The summed E-state index contributed by atoms with van der Waals surface area (Å²) >= 11 is 0. The van der Waals surface area contributed by atoms with E-state index in [1.54, 1.807) is 54.3 Å². The Morgan fingerprint density at radius 3 is 2.75 bits per heavy atom. The van der Waals surface area contributed by atoms with Gasteiger partial charge in [-0.1, -0.05) is 18.2 Å². The summed E-state index contributed by atoms with van der Waals surface area (Å²) < 4.78 is 21.2. The van der Waals surface area contributed by atoms with Gasteiger partial charge in [-0.2, -0.15) is 5.10 Å². The monoisotopic (exact) mass is 430 g/mol. The molecule has 0 radical (unpaired) electrons. The molecule has 0 saturated heterocycles. The summed E-state index contributed by atoms with van der Waals surface area (Å²) in [5, 5.41) is 7.06. The minimum atomic E-state index is -0.261. The Kier molecular flexibility index (Phi) is 5.98. The van der Waals surface area contributed by atoms with Gasteiger partial charge in [0.05, 0.1) is 11.9 Å². The van der Waals surface area contributed by atoms with Crippen LogP contribution in [0, 0.1) is 19.7 Å². The van der Waals surface area contributed by atoms with Crippen LogP contribution in [0.2, 0.25) is 0 Å². The quantitative estimate of drug-likeness (QED) is 0.469. The summed E-state index contributed by atoms with van der Waals surface area (Å²) in [6.45, 7) is 3.85. The first-order chi connectivity index (χ1) is 15.4. The molecule has 6 nitrogen and oxygen atoms in total. The van der Waals surface area contributed by atoms with E-state index in [-0.39, 0.29) is 11.7 Å². The Labute approximate surface area is 185 Å². The Hall–Kier alpha value is -4.00. The zero-order chi connectivity index (χ0) is 22.7. The molecule has 1 amide bonds. The molecule has 0 spiro atoms. The number of carbonyl (C=O) groups excluding carboxylic acids is 1. The van der Waals surface area contributed by atoms with Crippen LogP contribution in [0.25, 0.3) is 11.3 Å². The van der Waals surface area contributed by atoms with Crippen molar-refractivity contribution >= 4 is 5.91 Å². The van der Waals surface area contributed by atoms with Gasteiger partial charge in [0, 0.05) is 48.7 Å². The summed E-state index contributed by atoms with van der Waals surface area (Å²) in [5.41, 5.74) is 4.26. The highest BCUT2D eigenvalue weighted by atomic mass is 19.1. The SMILES string of the molecule is Cc1cc(CNC(=O)c2cccc(Oc3ccnc(-c4cnn(C)c4)c3)c2C)ccc1F. The van der Waals surface area contributed by atoms with E-state index in [0.717, 1.165) is 22.4 Å². The van der Waals surface area contributed by atoms with Gasteiger partial charge in [-0.15, -0.1) is 0 Å². The van der Waals surface area contributed by atoms with E-state index < -0.39 is 0 Å². The zero-order valence-electron chi connectivity index (χ0n) is 18.1. The van der Waals surface area contributed by atoms with E-state index in [1.165, 1.54) is 6.07 Å². The topological polar surface area (TPSA) is 69.0 Å². The molecule has 0 atom stereocenters.